The summed E-state index contributed by atoms with van der Waals surface area (Å²) in [4.78, 5) is 13.2. The Morgan fingerprint density at radius 2 is 0.833 bits per heavy atom. The number of hydrogen-bond donors (Lipinski definition) is 8. The Morgan fingerprint density at radius 1 is 0.472 bits per heavy atom. The smallest absolute Gasteiger partial charge is 0.249 e. The predicted molar refractivity (Wildman–Crippen MR) is 298 cm³/mol. The van der Waals surface area contributed by atoms with Crippen molar-refractivity contribution >= 4 is 5.91 Å². The molecule has 1 fully saturated rings. The summed E-state index contributed by atoms with van der Waals surface area (Å²) in [6.45, 7) is 3.46. The van der Waals surface area contributed by atoms with Crippen molar-refractivity contribution in [2.75, 3.05) is 13.2 Å². The van der Waals surface area contributed by atoms with Gasteiger partial charge in [0.1, 0.15) is 36.6 Å². The Balaban J connectivity index is 2.30. The summed E-state index contributed by atoms with van der Waals surface area (Å²) in [7, 11) is 0. The van der Waals surface area contributed by atoms with Gasteiger partial charge >= 0.3 is 0 Å². The third-order valence-electron chi connectivity index (χ3n) is 14.7. The fourth-order valence-electron chi connectivity index (χ4n) is 9.71. The molecule has 9 atom stereocenters. The van der Waals surface area contributed by atoms with Crippen molar-refractivity contribution in [2.24, 2.45) is 0 Å². The molecule has 0 aliphatic carbocycles. The van der Waals surface area contributed by atoms with Gasteiger partial charge in [0.05, 0.1) is 25.4 Å². The van der Waals surface area contributed by atoms with Crippen LogP contribution < -0.4 is 5.32 Å². The molecule has 1 heterocycles. The van der Waals surface area contributed by atoms with Crippen LogP contribution in [0.5, 0.6) is 0 Å². The number of rotatable bonds is 52. The number of amides is 1. The maximum Gasteiger partial charge on any atom is 0.249 e. The molecule has 8 N–H and O–H groups in total. The van der Waals surface area contributed by atoms with E-state index < -0.39 is 74.2 Å². The summed E-state index contributed by atoms with van der Waals surface area (Å²) in [6, 6.07) is -1.19. The van der Waals surface area contributed by atoms with E-state index in [1.165, 1.54) is 186 Å². The van der Waals surface area contributed by atoms with Gasteiger partial charge in [-0.1, -0.05) is 249 Å². The zero-order valence-electron chi connectivity index (χ0n) is 46.4. The van der Waals surface area contributed by atoms with Gasteiger partial charge in [0.25, 0.3) is 0 Å². The monoisotopic (exact) mass is 1020 g/mol. The van der Waals surface area contributed by atoms with Crippen molar-refractivity contribution in [2.45, 2.75) is 332 Å². The van der Waals surface area contributed by atoms with Crippen molar-refractivity contribution in [3.05, 3.63) is 36.5 Å². The number of unbranched alkanes of at least 4 members (excludes halogenated alkanes) is 34. The van der Waals surface area contributed by atoms with E-state index in [0.717, 1.165) is 44.9 Å². The zero-order chi connectivity index (χ0) is 52.5. The lowest BCUT2D eigenvalue weighted by Crippen LogP contribution is -2.60. The van der Waals surface area contributed by atoms with Crippen LogP contribution in [0.3, 0.4) is 0 Å². The quantitative estimate of drug-likeness (QED) is 0.0215. The fourth-order valence-corrected chi connectivity index (χ4v) is 9.71. The van der Waals surface area contributed by atoms with Crippen LogP contribution in [0, 0.1) is 0 Å². The van der Waals surface area contributed by atoms with Crippen LogP contribution in [0.1, 0.15) is 277 Å². The molecule has 1 saturated heterocycles. The number of hydrogen-bond acceptors (Lipinski definition) is 10. The van der Waals surface area contributed by atoms with E-state index in [0.29, 0.717) is 19.3 Å². The minimum Gasteiger partial charge on any atom is -0.394 e. The van der Waals surface area contributed by atoms with Gasteiger partial charge in [-0.15, -0.1) is 0 Å². The average Bonchev–Trinajstić information content (AvgIpc) is 3.38. The lowest BCUT2D eigenvalue weighted by atomic mass is 9.98. The molecule has 0 spiro atoms. The van der Waals surface area contributed by atoms with Gasteiger partial charge in [-0.3, -0.25) is 4.79 Å². The predicted octanol–water partition coefficient (Wildman–Crippen LogP) is 13.1. The van der Waals surface area contributed by atoms with Crippen LogP contribution in [0.25, 0.3) is 0 Å². The SMILES string of the molecule is CCCCCCCCCCCCCCCCCC/C=C/CC/C=C/CC/C=C/CCCC(O)C(O)C(COC1OC(CO)C(O)C(O)C1O)NC(=O)C(O)CCCCCCCCCCCCCCCCCC. The third kappa shape index (κ3) is 38.0. The molecule has 0 radical (unpaired) electrons. The van der Waals surface area contributed by atoms with Gasteiger partial charge in [-0.25, -0.2) is 0 Å². The Hall–Kier alpha value is -1.67. The maximum absolute atomic E-state index is 13.2. The molecule has 424 valence electrons. The van der Waals surface area contributed by atoms with E-state index in [9.17, 15) is 40.5 Å². The first-order valence-corrected chi connectivity index (χ1v) is 30.4. The molecule has 0 aromatic heterocycles. The maximum atomic E-state index is 13.2. The molecular weight excluding hydrogens is 907 g/mol. The van der Waals surface area contributed by atoms with Crippen LogP contribution in [-0.2, 0) is 14.3 Å². The highest BCUT2D eigenvalue weighted by atomic mass is 16.7. The largest absolute Gasteiger partial charge is 0.394 e. The summed E-state index contributed by atoms with van der Waals surface area (Å²) >= 11 is 0. The second-order valence-corrected chi connectivity index (χ2v) is 21.4. The second-order valence-electron chi connectivity index (χ2n) is 21.4. The van der Waals surface area contributed by atoms with Crippen LogP contribution in [0.2, 0.25) is 0 Å². The van der Waals surface area contributed by atoms with Gasteiger partial charge in [-0.05, 0) is 64.2 Å². The molecule has 0 aromatic rings. The summed E-state index contributed by atoms with van der Waals surface area (Å²) in [5.41, 5.74) is 0. The number of carbonyl (C=O) groups excluding carboxylic acids is 1. The molecule has 1 aliphatic heterocycles. The average molecular weight is 1020 g/mol. The number of aliphatic hydroxyl groups excluding tert-OH is 7. The van der Waals surface area contributed by atoms with Crippen molar-refractivity contribution in [1.29, 1.82) is 0 Å². The Kier molecular flexibility index (Phi) is 47.6. The van der Waals surface area contributed by atoms with E-state index in [1.807, 2.05) is 0 Å². The minimum atomic E-state index is -1.67. The summed E-state index contributed by atoms with van der Waals surface area (Å²) < 4.78 is 11.1. The lowest BCUT2D eigenvalue weighted by Gasteiger charge is -2.40. The van der Waals surface area contributed by atoms with Gasteiger partial charge < -0.3 is 50.5 Å². The molecule has 9 unspecified atom stereocenters. The van der Waals surface area contributed by atoms with E-state index >= 15 is 0 Å². The van der Waals surface area contributed by atoms with Crippen LogP contribution in [0.15, 0.2) is 36.5 Å². The standard InChI is InChI=1S/C61H115NO10/c1-3-5-7-9-11-13-15-17-19-21-22-23-24-25-26-27-28-29-30-31-32-33-35-36-38-40-42-44-46-48-53(64)56(66)52(51-71-61-59(69)58(68)57(67)55(50-63)72-61)62-60(70)54(65)49-47-45-43-41-39-37-34-20-18-16-14-12-10-8-6-4-2/h29-30,33,35,40,42,52-59,61,63-69H,3-28,31-32,34,36-39,41,43-51H2,1-2H3,(H,62,70)/b30-29+,35-33+,42-40+. The van der Waals surface area contributed by atoms with E-state index in [-0.39, 0.29) is 12.8 Å². The number of ether oxygens (including phenoxy) is 2. The lowest BCUT2D eigenvalue weighted by molar-refractivity contribution is -0.303. The highest BCUT2D eigenvalue weighted by molar-refractivity contribution is 5.80. The van der Waals surface area contributed by atoms with Crippen molar-refractivity contribution < 1.29 is 50.0 Å². The molecule has 0 saturated carbocycles. The van der Waals surface area contributed by atoms with Gasteiger partial charge in [0, 0.05) is 0 Å². The first kappa shape index (κ1) is 68.3. The number of carbonyl (C=O) groups is 1. The van der Waals surface area contributed by atoms with Crippen molar-refractivity contribution in [1.82, 2.24) is 5.32 Å². The zero-order valence-corrected chi connectivity index (χ0v) is 46.4. The molecule has 1 rings (SSSR count). The first-order chi connectivity index (χ1) is 35.2. The highest BCUT2D eigenvalue weighted by Gasteiger charge is 2.44. The Bertz CT molecular complexity index is 1260. The molecule has 0 bridgehead atoms. The first-order valence-electron chi connectivity index (χ1n) is 30.4. The Morgan fingerprint density at radius 3 is 1.24 bits per heavy atom. The fraction of sp³-hybridized carbons (Fsp3) is 0.885. The van der Waals surface area contributed by atoms with E-state index in [4.69, 9.17) is 9.47 Å². The number of nitrogens with one attached hydrogen (secondary N) is 1. The van der Waals surface area contributed by atoms with Crippen LogP contribution >= 0.6 is 0 Å². The van der Waals surface area contributed by atoms with Crippen molar-refractivity contribution in [3.63, 3.8) is 0 Å². The third-order valence-corrected chi connectivity index (χ3v) is 14.7. The Labute approximate surface area is 441 Å². The summed E-state index contributed by atoms with van der Waals surface area (Å²) in [6.07, 6.45) is 50.7. The number of aliphatic hydroxyl groups is 7. The molecule has 72 heavy (non-hydrogen) atoms. The molecule has 11 heteroatoms. The van der Waals surface area contributed by atoms with Gasteiger partial charge in [-0.2, -0.15) is 0 Å². The van der Waals surface area contributed by atoms with Crippen LogP contribution in [0.4, 0.5) is 0 Å². The van der Waals surface area contributed by atoms with Gasteiger partial charge in [0.15, 0.2) is 6.29 Å². The summed E-state index contributed by atoms with van der Waals surface area (Å²) in [5.74, 6) is -0.709. The normalized spacial score (nSPS) is 20.3. The molecular formula is C61H115NO10. The summed E-state index contributed by atoms with van der Waals surface area (Å²) in [5, 5.41) is 76.1. The van der Waals surface area contributed by atoms with Crippen LogP contribution in [-0.4, -0.2) is 110 Å². The molecule has 0 aromatic carbocycles. The van der Waals surface area contributed by atoms with Crippen molar-refractivity contribution in [3.8, 4) is 0 Å². The molecule has 1 amide bonds. The van der Waals surface area contributed by atoms with E-state index in [1.54, 1.807) is 0 Å². The highest BCUT2D eigenvalue weighted by Crippen LogP contribution is 2.23. The van der Waals surface area contributed by atoms with Gasteiger partial charge in [0.2, 0.25) is 5.91 Å². The molecule has 1 aliphatic rings. The second kappa shape index (κ2) is 50.2. The minimum absolute atomic E-state index is 0.243. The topological polar surface area (TPSA) is 189 Å². The number of allylic oxidation sites excluding steroid dienone is 6. The molecule has 11 nitrogen and oxygen atoms in total. The van der Waals surface area contributed by atoms with E-state index in [2.05, 4.69) is 55.6 Å².